The van der Waals surface area contributed by atoms with Gasteiger partial charge in [0.25, 0.3) is 0 Å². The van der Waals surface area contributed by atoms with Crippen LogP contribution in [0.25, 0.3) is 0 Å². The molecule has 0 unspecified atom stereocenters. The number of rotatable bonds is 4. The number of hydrogen-bond acceptors (Lipinski definition) is 4. The van der Waals surface area contributed by atoms with Crippen LogP contribution in [-0.2, 0) is 0 Å². The third-order valence-electron chi connectivity index (χ3n) is 2.56. The molecule has 0 saturated heterocycles. The number of benzene rings is 1. The first-order valence-electron chi connectivity index (χ1n) is 5.73. The van der Waals surface area contributed by atoms with Crippen molar-refractivity contribution in [3.63, 3.8) is 0 Å². The van der Waals surface area contributed by atoms with Crippen molar-refractivity contribution < 1.29 is 4.79 Å². The van der Waals surface area contributed by atoms with Gasteiger partial charge in [-0.25, -0.2) is 9.97 Å². The van der Waals surface area contributed by atoms with E-state index in [4.69, 9.17) is 11.6 Å². The van der Waals surface area contributed by atoms with Crippen LogP contribution in [0.2, 0.25) is 5.02 Å². The van der Waals surface area contributed by atoms with E-state index in [-0.39, 0.29) is 5.78 Å². The highest BCUT2D eigenvalue weighted by atomic mass is 35.5. The molecule has 0 spiro atoms. The molecule has 0 atom stereocenters. The first-order valence-corrected chi connectivity index (χ1v) is 6.93. The molecule has 98 valence electrons. The molecule has 1 aromatic heterocycles. The zero-order valence-electron chi connectivity index (χ0n) is 10.6. The highest BCUT2D eigenvalue weighted by Gasteiger charge is 2.30. The van der Waals surface area contributed by atoms with Gasteiger partial charge in [0.1, 0.15) is 6.33 Å². The Morgan fingerprint density at radius 1 is 1.16 bits per heavy atom. The molecule has 0 radical (unpaired) electrons. The van der Waals surface area contributed by atoms with E-state index in [1.165, 1.54) is 18.1 Å². The summed E-state index contributed by atoms with van der Waals surface area (Å²) in [6.07, 6.45) is 4.50. The maximum atomic E-state index is 12.4. The van der Waals surface area contributed by atoms with Crippen LogP contribution in [0, 0.1) is 0 Å². The summed E-state index contributed by atoms with van der Waals surface area (Å²) in [5.74, 6) is 0.00745. The number of nitrogens with zero attached hydrogens (tertiary/aromatic N) is 2. The van der Waals surface area contributed by atoms with Gasteiger partial charge in [0, 0.05) is 22.3 Å². The molecule has 3 nitrogen and oxygen atoms in total. The van der Waals surface area contributed by atoms with E-state index >= 15 is 0 Å². The lowest BCUT2D eigenvalue weighted by Gasteiger charge is -2.22. The number of carbonyl (C=O) groups excluding carboxylic acids is 1. The standard InChI is InChI=1S/C14H13ClN2OS/c1-14(2,13(18)10-7-16-9-17-8-10)19-12-5-3-11(15)4-6-12/h3-9H,1-2H3. The van der Waals surface area contributed by atoms with Crippen molar-refractivity contribution in [1.82, 2.24) is 9.97 Å². The number of thioether (sulfide) groups is 1. The molecule has 19 heavy (non-hydrogen) atoms. The molecular weight excluding hydrogens is 280 g/mol. The molecule has 0 N–H and O–H groups in total. The van der Waals surface area contributed by atoms with Gasteiger partial charge in [-0.3, -0.25) is 4.79 Å². The summed E-state index contributed by atoms with van der Waals surface area (Å²) in [6.45, 7) is 3.78. The fourth-order valence-corrected chi connectivity index (χ4v) is 2.81. The number of ketones is 1. The van der Waals surface area contributed by atoms with Crippen molar-refractivity contribution >= 4 is 29.1 Å². The predicted octanol–water partition coefficient (Wildman–Crippen LogP) is 3.88. The Hall–Kier alpha value is -1.39. The number of hydrogen-bond donors (Lipinski definition) is 0. The normalized spacial score (nSPS) is 11.3. The molecule has 1 aromatic carbocycles. The minimum absolute atomic E-state index is 0.00745. The Balaban J connectivity index is 2.18. The zero-order valence-corrected chi connectivity index (χ0v) is 12.2. The molecule has 1 heterocycles. The molecule has 0 bridgehead atoms. The van der Waals surface area contributed by atoms with E-state index in [9.17, 15) is 4.79 Å². The zero-order chi connectivity index (χ0) is 13.9. The van der Waals surface area contributed by atoms with Crippen molar-refractivity contribution in [2.75, 3.05) is 0 Å². The highest BCUT2D eigenvalue weighted by Crippen LogP contribution is 2.35. The Morgan fingerprint density at radius 2 is 1.74 bits per heavy atom. The average Bonchev–Trinajstić information content (AvgIpc) is 2.41. The Morgan fingerprint density at radius 3 is 2.32 bits per heavy atom. The summed E-state index contributed by atoms with van der Waals surface area (Å²) in [4.78, 5) is 21.2. The summed E-state index contributed by atoms with van der Waals surface area (Å²) in [5.41, 5.74) is 0.522. The van der Waals surface area contributed by atoms with Crippen molar-refractivity contribution in [3.8, 4) is 0 Å². The van der Waals surface area contributed by atoms with Crippen molar-refractivity contribution in [3.05, 3.63) is 53.6 Å². The monoisotopic (exact) mass is 292 g/mol. The van der Waals surface area contributed by atoms with E-state index in [0.29, 0.717) is 10.6 Å². The topological polar surface area (TPSA) is 42.9 Å². The second-order valence-electron chi connectivity index (χ2n) is 4.52. The van der Waals surface area contributed by atoms with Crippen LogP contribution in [0.1, 0.15) is 24.2 Å². The molecular formula is C14H13ClN2OS. The van der Waals surface area contributed by atoms with Crippen molar-refractivity contribution in [2.24, 2.45) is 0 Å². The first-order chi connectivity index (χ1) is 8.99. The lowest BCUT2D eigenvalue weighted by atomic mass is 10.0. The maximum Gasteiger partial charge on any atom is 0.181 e. The van der Waals surface area contributed by atoms with Gasteiger partial charge >= 0.3 is 0 Å². The smallest absolute Gasteiger partial charge is 0.181 e. The number of aromatic nitrogens is 2. The second-order valence-corrected chi connectivity index (χ2v) is 6.66. The van der Waals surface area contributed by atoms with Crippen LogP contribution in [0.5, 0.6) is 0 Å². The van der Waals surface area contributed by atoms with Gasteiger partial charge < -0.3 is 0 Å². The summed E-state index contributed by atoms with van der Waals surface area (Å²) < 4.78 is -0.585. The van der Waals surface area contributed by atoms with Crippen molar-refractivity contribution in [2.45, 2.75) is 23.5 Å². The number of carbonyl (C=O) groups is 1. The fraction of sp³-hybridized carbons (Fsp3) is 0.214. The largest absolute Gasteiger partial charge is 0.292 e. The van der Waals surface area contributed by atoms with Crippen LogP contribution >= 0.6 is 23.4 Å². The highest BCUT2D eigenvalue weighted by molar-refractivity contribution is 8.01. The van der Waals surface area contributed by atoms with Crippen LogP contribution in [0.15, 0.2) is 47.9 Å². The molecule has 0 aliphatic rings. The molecule has 0 aliphatic carbocycles. The van der Waals surface area contributed by atoms with Gasteiger partial charge in [-0.15, -0.1) is 11.8 Å². The molecule has 5 heteroatoms. The van der Waals surface area contributed by atoms with Gasteiger partial charge in [-0.2, -0.15) is 0 Å². The third-order valence-corrected chi connectivity index (χ3v) is 4.01. The average molecular weight is 293 g/mol. The van der Waals surface area contributed by atoms with Crippen molar-refractivity contribution in [1.29, 1.82) is 0 Å². The number of halogens is 1. The summed E-state index contributed by atoms with van der Waals surface area (Å²) in [6, 6.07) is 7.44. The Kier molecular flexibility index (Phi) is 4.22. The third kappa shape index (κ3) is 3.55. The predicted molar refractivity (Wildman–Crippen MR) is 77.8 cm³/mol. The van der Waals surface area contributed by atoms with E-state index < -0.39 is 4.75 Å². The van der Waals surface area contributed by atoms with Crippen LogP contribution in [-0.4, -0.2) is 20.5 Å². The Labute approximate surface area is 121 Å². The van der Waals surface area contributed by atoms with E-state index in [2.05, 4.69) is 9.97 Å². The summed E-state index contributed by atoms with van der Waals surface area (Å²) in [5, 5.41) is 0.685. The number of Topliss-reactive ketones (excluding diaryl/α,β-unsaturated/α-hetero) is 1. The van der Waals surface area contributed by atoms with Crippen LogP contribution in [0.3, 0.4) is 0 Å². The molecule has 0 aliphatic heterocycles. The van der Waals surface area contributed by atoms with E-state index in [1.54, 1.807) is 12.4 Å². The van der Waals surface area contributed by atoms with Gasteiger partial charge in [0.05, 0.1) is 10.3 Å². The molecule has 0 amide bonds. The van der Waals surface area contributed by atoms with Gasteiger partial charge in [-0.1, -0.05) is 11.6 Å². The lowest BCUT2D eigenvalue weighted by Crippen LogP contribution is -2.28. The first kappa shape index (κ1) is 14.0. The van der Waals surface area contributed by atoms with E-state index in [0.717, 1.165) is 4.90 Å². The minimum Gasteiger partial charge on any atom is -0.292 e. The van der Waals surface area contributed by atoms with E-state index in [1.807, 2.05) is 38.1 Å². The lowest BCUT2D eigenvalue weighted by molar-refractivity contribution is 0.0957. The van der Waals surface area contributed by atoms with Gasteiger partial charge in [0.2, 0.25) is 0 Å². The molecule has 2 rings (SSSR count). The summed E-state index contributed by atoms with van der Waals surface area (Å²) in [7, 11) is 0. The maximum absolute atomic E-state index is 12.4. The Bertz CT molecular complexity index is 570. The minimum atomic E-state index is -0.585. The fourth-order valence-electron chi connectivity index (χ4n) is 1.61. The van der Waals surface area contributed by atoms with Crippen LogP contribution < -0.4 is 0 Å². The molecule has 0 saturated carbocycles. The van der Waals surface area contributed by atoms with Gasteiger partial charge in [0.15, 0.2) is 5.78 Å². The quantitative estimate of drug-likeness (QED) is 0.633. The second kappa shape index (κ2) is 5.72. The molecule has 0 fully saturated rings. The van der Waals surface area contributed by atoms with Gasteiger partial charge in [-0.05, 0) is 38.1 Å². The van der Waals surface area contributed by atoms with Crippen LogP contribution in [0.4, 0.5) is 0 Å². The summed E-state index contributed by atoms with van der Waals surface area (Å²) >= 11 is 7.34. The molecule has 2 aromatic rings. The SMILES string of the molecule is CC(C)(Sc1ccc(Cl)cc1)C(=O)c1cncnc1.